The van der Waals surface area contributed by atoms with E-state index in [1.54, 1.807) is 20.8 Å². The fraction of sp³-hybridized carbons (Fsp3) is 0.375. The van der Waals surface area contributed by atoms with Gasteiger partial charge in [-0.1, -0.05) is 12.1 Å². The molecule has 182 valence electrons. The molecule has 0 saturated carbocycles. The zero-order chi connectivity index (χ0) is 25.3. The third-order valence-electron chi connectivity index (χ3n) is 5.17. The van der Waals surface area contributed by atoms with E-state index >= 15 is 0 Å². The van der Waals surface area contributed by atoms with Crippen LogP contribution in [0, 0.1) is 13.8 Å². The maximum absolute atomic E-state index is 12.8. The van der Waals surface area contributed by atoms with Crippen LogP contribution in [0.25, 0.3) is 5.69 Å². The Morgan fingerprint density at radius 2 is 1.65 bits per heavy atom. The van der Waals surface area contributed by atoms with E-state index in [9.17, 15) is 22.8 Å². The second kappa shape index (κ2) is 9.36. The zero-order valence-electron chi connectivity index (χ0n) is 19.6. The first-order valence-electron chi connectivity index (χ1n) is 10.6. The number of aromatic nitrogens is 3. The van der Waals surface area contributed by atoms with Crippen molar-refractivity contribution in [3.05, 3.63) is 75.5 Å². The summed E-state index contributed by atoms with van der Waals surface area (Å²) in [7, 11) is 0. The van der Waals surface area contributed by atoms with Gasteiger partial charge in [0.15, 0.2) is 5.60 Å². The Morgan fingerprint density at radius 3 is 2.18 bits per heavy atom. The number of ether oxygens (including phenoxy) is 2. The van der Waals surface area contributed by atoms with E-state index in [1.807, 2.05) is 26.0 Å². The summed E-state index contributed by atoms with van der Waals surface area (Å²) in [4.78, 5) is 25.0. The van der Waals surface area contributed by atoms with Crippen LogP contribution in [0.4, 0.5) is 13.2 Å². The highest BCUT2D eigenvalue weighted by Crippen LogP contribution is 2.30. The van der Waals surface area contributed by atoms with E-state index < -0.39 is 29.0 Å². The number of benzene rings is 2. The topological polar surface area (TPSA) is 75.3 Å². The van der Waals surface area contributed by atoms with E-state index in [-0.39, 0.29) is 18.8 Å². The molecule has 3 rings (SSSR count). The third-order valence-corrected chi connectivity index (χ3v) is 5.17. The first-order chi connectivity index (χ1) is 15.8. The molecule has 2 aromatic carbocycles. The molecule has 10 heteroatoms. The van der Waals surface area contributed by atoms with E-state index in [2.05, 4.69) is 5.10 Å². The molecule has 1 aromatic heterocycles. The summed E-state index contributed by atoms with van der Waals surface area (Å²) in [6.45, 7) is 9.10. The number of alkyl halides is 3. The molecule has 0 bridgehead atoms. The van der Waals surface area contributed by atoms with E-state index in [1.165, 1.54) is 23.0 Å². The molecule has 0 spiro atoms. The highest BCUT2D eigenvalue weighted by atomic mass is 19.4. The summed E-state index contributed by atoms with van der Waals surface area (Å²) < 4.78 is 51.8. The Morgan fingerprint density at radius 1 is 1.06 bits per heavy atom. The number of hydrogen-bond donors (Lipinski definition) is 0. The molecule has 0 unspecified atom stereocenters. The molecule has 3 aromatic rings. The minimum atomic E-state index is -4.46. The fourth-order valence-electron chi connectivity index (χ4n) is 3.50. The lowest BCUT2D eigenvalue weighted by Gasteiger charge is -2.26. The largest absolute Gasteiger partial charge is 0.476 e. The molecule has 0 atom stereocenters. The Kier molecular flexibility index (Phi) is 6.90. The summed E-state index contributed by atoms with van der Waals surface area (Å²) in [5, 5.41) is 4.03. The van der Waals surface area contributed by atoms with Crippen LogP contribution in [0.2, 0.25) is 0 Å². The zero-order valence-corrected chi connectivity index (χ0v) is 19.6. The van der Waals surface area contributed by atoms with Crippen LogP contribution in [0.3, 0.4) is 0 Å². The van der Waals surface area contributed by atoms with E-state index in [4.69, 9.17) is 9.47 Å². The van der Waals surface area contributed by atoms with Crippen molar-refractivity contribution in [1.82, 2.24) is 14.3 Å². The van der Waals surface area contributed by atoms with Crippen molar-refractivity contribution < 1.29 is 27.4 Å². The minimum Gasteiger partial charge on any atom is -0.476 e. The molecule has 0 fully saturated rings. The molecule has 1 heterocycles. The van der Waals surface area contributed by atoms with Crippen LogP contribution in [0.5, 0.6) is 5.75 Å². The Labute approximate surface area is 194 Å². The van der Waals surface area contributed by atoms with Gasteiger partial charge < -0.3 is 9.47 Å². The molecule has 0 aliphatic heterocycles. The predicted octanol–water partition coefficient (Wildman–Crippen LogP) is 4.44. The number of esters is 1. The molecular formula is C24H26F3N3O4. The first-order valence-corrected chi connectivity index (χ1v) is 10.6. The van der Waals surface area contributed by atoms with Gasteiger partial charge in [-0.25, -0.2) is 9.59 Å². The summed E-state index contributed by atoms with van der Waals surface area (Å²) in [6, 6.07) is 7.89. The van der Waals surface area contributed by atoms with Crippen molar-refractivity contribution in [2.45, 2.75) is 52.9 Å². The van der Waals surface area contributed by atoms with Crippen LogP contribution in [0.15, 0.2) is 47.5 Å². The number of carbonyl (C=O) groups excluding carboxylic acids is 1. The van der Waals surface area contributed by atoms with Crippen LogP contribution in [-0.4, -0.2) is 32.5 Å². The van der Waals surface area contributed by atoms with Crippen molar-refractivity contribution in [1.29, 1.82) is 0 Å². The highest BCUT2D eigenvalue weighted by Gasteiger charge is 2.33. The number of nitrogens with zero attached hydrogens (tertiary/aromatic N) is 3. The van der Waals surface area contributed by atoms with Gasteiger partial charge in [0.05, 0.1) is 24.4 Å². The molecular weight excluding hydrogens is 451 g/mol. The van der Waals surface area contributed by atoms with E-state index in [0.717, 1.165) is 33.5 Å². The fourth-order valence-corrected chi connectivity index (χ4v) is 3.50. The predicted molar refractivity (Wildman–Crippen MR) is 119 cm³/mol. The minimum absolute atomic E-state index is 0.197. The number of rotatable bonds is 7. The summed E-state index contributed by atoms with van der Waals surface area (Å²) in [6.07, 6.45) is -3.13. The number of aryl methyl sites for hydroxylation is 2. The summed E-state index contributed by atoms with van der Waals surface area (Å²) >= 11 is 0. The van der Waals surface area contributed by atoms with Gasteiger partial charge >= 0.3 is 17.8 Å². The lowest BCUT2D eigenvalue weighted by molar-refractivity contribution is -0.158. The maximum atomic E-state index is 12.8. The van der Waals surface area contributed by atoms with Crippen LogP contribution in [-0.2, 0) is 22.3 Å². The van der Waals surface area contributed by atoms with Gasteiger partial charge in [0.2, 0.25) is 0 Å². The Bertz CT molecular complexity index is 1220. The van der Waals surface area contributed by atoms with E-state index in [0.29, 0.717) is 5.75 Å². The standard InChI is InChI=1S/C24H26F3N3O4/c1-6-33-21(31)23(4,5)34-20-15(2)11-17(12-16(20)3)13-29-14-28-30(22(29)32)19-9-7-18(8-10-19)24(25,26)27/h7-12,14H,6,13H2,1-5H3. The van der Waals surface area contributed by atoms with Gasteiger partial charge in [0.1, 0.15) is 12.1 Å². The van der Waals surface area contributed by atoms with Crippen molar-refractivity contribution in [2.24, 2.45) is 0 Å². The molecule has 0 amide bonds. The normalized spacial score (nSPS) is 12.0. The number of hydrogen-bond acceptors (Lipinski definition) is 5. The third kappa shape index (κ3) is 5.32. The SMILES string of the molecule is CCOC(=O)C(C)(C)Oc1c(C)cc(Cn2cnn(-c3ccc(C(F)(F)F)cc3)c2=O)cc1C. The van der Waals surface area contributed by atoms with Crippen molar-refractivity contribution >= 4 is 5.97 Å². The second-order valence-corrected chi connectivity index (χ2v) is 8.39. The van der Waals surface area contributed by atoms with Gasteiger partial charge in [-0.15, -0.1) is 0 Å². The number of carbonyl (C=O) groups is 1. The average Bonchev–Trinajstić information content (AvgIpc) is 3.10. The lowest BCUT2D eigenvalue weighted by atomic mass is 10.0. The Balaban J connectivity index is 1.83. The van der Waals surface area contributed by atoms with Gasteiger partial charge in [0.25, 0.3) is 0 Å². The second-order valence-electron chi connectivity index (χ2n) is 8.39. The quantitative estimate of drug-likeness (QED) is 0.471. The van der Waals surface area contributed by atoms with Crippen LogP contribution >= 0.6 is 0 Å². The summed E-state index contributed by atoms with van der Waals surface area (Å²) in [5.41, 5.74) is 0.111. The van der Waals surface area contributed by atoms with Gasteiger partial charge in [-0.2, -0.15) is 23.0 Å². The maximum Gasteiger partial charge on any atom is 0.416 e. The molecule has 0 N–H and O–H groups in total. The lowest BCUT2D eigenvalue weighted by Crippen LogP contribution is -2.40. The van der Waals surface area contributed by atoms with Crippen molar-refractivity contribution in [3.8, 4) is 11.4 Å². The molecule has 0 saturated heterocycles. The van der Waals surface area contributed by atoms with Gasteiger partial charge in [-0.3, -0.25) is 4.57 Å². The molecule has 34 heavy (non-hydrogen) atoms. The average molecular weight is 477 g/mol. The highest BCUT2D eigenvalue weighted by molar-refractivity contribution is 5.79. The molecule has 0 radical (unpaired) electrons. The van der Waals surface area contributed by atoms with Crippen LogP contribution in [0.1, 0.15) is 43.0 Å². The van der Waals surface area contributed by atoms with Crippen molar-refractivity contribution in [3.63, 3.8) is 0 Å². The van der Waals surface area contributed by atoms with Crippen LogP contribution < -0.4 is 10.4 Å². The Hall–Kier alpha value is -3.56. The smallest absolute Gasteiger partial charge is 0.416 e. The first kappa shape index (κ1) is 25.1. The summed E-state index contributed by atoms with van der Waals surface area (Å²) in [5.74, 6) is 0.0784. The molecule has 0 aliphatic rings. The monoisotopic (exact) mass is 477 g/mol. The van der Waals surface area contributed by atoms with Crippen molar-refractivity contribution in [2.75, 3.05) is 6.61 Å². The number of halogens is 3. The van der Waals surface area contributed by atoms with Gasteiger partial charge in [0, 0.05) is 0 Å². The van der Waals surface area contributed by atoms with Gasteiger partial charge in [-0.05, 0) is 75.6 Å². The molecule has 7 nitrogen and oxygen atoms in total. The molecule has 0 aliphatic carbocycles.